The second-order valence-electron chi connectivity index (χ2n) is 6.36. The highest BCUT2D eigenvalue weighted by molar-refractivity contribution is 5.08. The third-order valence-electron chi connectivity index (χ3n) is 3.98. The predicted octanol–water partition coefficient (Wildman–Crippen LogP) is 2.70. The van der Waals surface area contributed by atoms with Crippen LogP contribution >= 0.6 is 0 Å². The van der Waals surface area contributed by atoms with Gasteiger partial charge in [-0.05, 0) is 33.6 Å². The Morgan fingerprint density at radius 2 is 2.14 bits per heavy atom. The van der Waals surface area contributed by atoms with E-state index < -0.39 is 0 Å². The normalized spacial score (nSPS) is 21.4. The first-order valence-corrected chi connectivity index (χ1v) is 7.46. The molecule has 0 amide bonds. The lowest BCUT2D eigenvalue weighted by atomic mass is 9.88. The van der Waals surface area contributed by atoms with Crippen molar-refractivity contribution in [3.8, 4) is 0 Å². The molecule has 0 radical (unpaired) electrons. The Labute approximate surface area is 125 Å². The van der Waals surface area contributed by atoms with Crippen molar-refractivity contribution in [1.82, 2.24) is 19.5 Å². The van der Waals surface area contributed by atoms with Gasteiger partial charge in [0.2, 0.25) is 0 Å². The van der Waals surface area contributed by atoms with Crippen molar-refractivity contribution in [1.29, 1.82) is 0 Å². The van der Waals surface area contributed by atoms with E-state index in [1.807, 2.05) is 31.7 Å². The summed E-state index contributed by atoms with van der Waals surface area (Å²) >= 11 is 0. The number of hydrogen-bond acceptors (Lipinski definition) is 4. The van der Waals surface area contributed by atoms with E-state index in [1.165, 1.54) is 0 Å². The fourth-order valence-corrected chi connectivity index (χ4v) is 2.94. The van der Waals surface area contributed by atoms with Crippen LogP contribution in [0.4, 0.5) is 0 Å². The van der Waals surface area contributed by atoms with Gasteiger partial charge in [-0.25, -0.2) is 4.98 Å². The van der Waals surface area contributed by atoms with Crippen LogP contribution in [0.2, 0.25) is 0 Å². The van der Waals surface area contributed by atoms with Crippen LogP contribution < -0.4 is 0 Å². The van der Waals surface area contributed by atoms with Gasteiger partial charge < -0.3 is 9.30 Å². The van der Waals surface area contributed by atoms with Crippen molar-refractivity contribution < 1.29 is 4.74 Å². The smallest absolute Gasteiger partial charge is 0.112 e. The van der Waals surface area contributed by atoms with Crippen LogP contribution in [0.15, 0.2) is 24.8 Å². The third-order valence-corrected chi connectivity index (χ3v) is 3.98. The molecule has 1 saturated heterocycles. The maximum absolute atomic E-state index is 5.81. The predicted molar refractivity (Wildman–Crippen MR) is 80.1 cm³/mol. The molecule has 112 valence electrons. The van der Waals surface area contributed by atoms with Crippen LogP contribution in [0.25, 0.3) is 0 Å². The van der Waals surface area contributed by atoms with Crippen LogP contribution in [-0.2, 0) is 11.3 Å². The molecule has 5 heteroatoms. The highest BCUT2D eigenvalue weighted by Gasteiger charge is 2.31. The van der Waals surface area contributed by atoms with E-state index in [0.29, 0.717) is 5.92 Å². The number of ether oxygens (including phenoxy) is 1. The molecule has 3 rings (SSSR count). The largest absolute Gasteiger partial charge is 0.376 e. The minimum Gasteiger partial charge on any atom is -0.376 e. The second-order valence-corrected chi connectivity index (χ2v) is 6.36. The first kappa shape index (κ1) is 14.2. The van der Waals surface area contributed by atoms with Crippen molar-refractivity contribution in [2.75, 3.05) is 6.61 Å². The number of aromatic nitrogens is 4. The second kappa shape index (κ2) is 5.56. The van der Waals surface area contributed by atoms with E-state index in [9.17, 15) is 0 Å². The van der Waals surface area contributed by atoms with Gasteiger partial charge in [0, 0.05) is 31.1 Å². The highest BCUT2D eigenvalue weighted by atomic mass is 16.5. The van der Waals surface area contributed by atoms with Gasteiger partial charge in [0.1, 0.15) is 5.82 Å². The average Bonchev–Trinajstić information content (AvgIpc) is 2.88. The van der Waals surface area contributed by atoms with E-state index >= 15 is 0 Å². The number of hydrogen-bond donors (Lipinski definition) is 0. The third kappa shape index (κ3) is 3.29. The van der Waals surface area contributed by atoms with Gasteiger partial charge in [-0.15, -0.1) is 0 Å². The van der Waals surface area contributed by atoms with Gasteiger partial charge in [0.25, 0.3) is 0 Å². The molecule has 1 aliphatic rings. The van der Waals surface area contributed by atoms with E-state index in [-0.39, 0.29) is 5.60 Å². The van der Waals surface area contributed by atoms with Gasteiger partial charge in [0.15, 0.2) is 0 Å². The molecule has 2 aromatic heterocycles. The molecule has 1 unspecified atom stereocenters. The Kier molecular flexibility index (Phi) is 3.76. The van der Waals surface area contributed by atoms with Crippen molar-refractivity contribution in [2.45, 2.75) is 51.7 Å². The lowest BCUT2D eigenvalue weighted by Crippen LogP contribution is -2.34. The van der Waals surface area contributed by atoms with Crippen molar-refractivity contribution in [3.05, 3.63) is 42.0 Å². The fourth-order valence-electron chi connectivity index (χ4n) is 2.94. The number of aryl methyl sites for hydroxylation is 1. The maximum Gasteiger partial charge on any atom is 0.112 e. The number of rotatable bonds is 3. The van der Waals surface area contributed by atoms with Crippen LogP contribution in [-0.4, -0.2) is 31.7 Å². The maximum atomic E-state index is 5.81. The van der Waals surface area contributed by atoms with Crippen LogP contribution in [0, 0.1) is 6.92 Å². The lowest BCUT2D eigenvalue weighted by Gasteiger charge is -2.35. The summed E-state index contributed by atoms with van der Waals surface area (Å²) in [5, 5.41) is 0. The molecular weight excluding hydrogens is 264 g/mol. The van der Waals surface area contributed by atoms with Gasteiger partial charge >= 0.3 is 0 Å². The molecule has 0 aromatic carbocycles. The van der Waals surface area contributed by atoms with Gasteiger partial charge in [-0.1, -0.05) is 0 Å². The SMILES string of the molecule is Cc1cnc(Cn2ccnc2C2CCOC(C)(C)C2)cn1. The molecule has 0 N–H and O–H groups in total. The first-order valence-electron chi connectivity index (χ1n) is 7.46. The lowest BCUT2D eigenvalue weighted by molar-refractivity contribution is -0.0606. The molecule has 5 nitrogen and oxygen atoms in total. The van der Waals surface area contributed by atoms with Crippen molar-refractivity contribution >= 4 is 0 Å². The molecule has 1 aliphatic heterocycles. The molecule has 1 atom stereocenters. The molecule has 0 saturated carbocycles. The Morgan fingerprint density at radius 1 is 1.29 bits per heavy atom. The quantitative estimate of drug-likeness (QED) is 0.870. The highest BCUT2D eigenvalue weighted by Crippen LogP contribution is 2.34. The summed E-state index contributed by atoms with van der Waals surface area (Å²) < 4.78 is 7.99. The zero-order valence-electron chi connectivity index (χ0n) is 12.9. The molecule has 2 aromatic rings. The number of nitrogens with zero attached hydrogens (tertiary/aromatic N) is 4. The van der Waals surface area contributed by atoms with Crippen LogP contribution in [0.1, 0.15) is 49.8 Å². The standard InChI is InChI=1S/C16H22N4O/c1-12-9-19-14(10-18-12)11-20-6-5-17-15(20)13-4-7-21-16(2,3)8-13/h5-6,9-10,13H,4,7-8,11H2,1-3H3. The van der Waals surface area contributed by atoms with Crippen LogP contribution in [0.3, 0.4) is 0 Å². The molecule has 3 heterocycles. The zero-order valence-corrected chi connectivity index (χ0v) is 12.9. The Balaban J connectivity index is 1.79. The van der Waals surface area contributed by atoms with Crippen molar-refractivity contribution in [3.63, 3.8) is 0 Å². The molecular formula is C16H22N4O. The Morgan fingerprint density at radius 3 is 2.86 bits per heavy atom. The summed E-state index contributed by atoms with van der Waals surface area (Å²) in [5.74, 6) is 1.58. The topological polar surface area (TPSA) is 52.8 Å². The fraction of sp³-hybridized carbons (Fsp3) is 0.562. The van der Waals surface area contributed by atoms with Gasteiger partial charge in [0.05, 0.1) is 29.7 Å². The van der Waals surface area contributed by atoms with E-state index in [4.69, 9.17) is 4.74 Å². The Hall–Kier alpha value is -1.75. The Bertz CT molecular complexity index is 603. The molecule has 0 bridgehead atoms. The molecule has 21 heavy (non-hydrogen) atoms. The molecule has 0 aliphatic carbocycles. The summed E-state index contributed by atoms with van der Waals surface area (Å²) in [7, 11) is 0. The van der Waals surface area contributed by atoms with E-state index in [1.54, 1.807) is 0 Å². The van der Waals surface area contributed by atoms with Crippen LogP contribution in [0.5, 0.6) is 0 Å². The summed E-state index contributed by atoms with van der Waals surface area (Å²) in [5.41, 5.74) is 1.84. The summed E-state index contributed by atoms with van der Waals surface area (Å²) in [4.78, 5) is 13.3. The molecule has 0 spiro atoms. The molecule has 1 fully saturated rings. The summed E-state index contributed by atoms with van der Waals surface area (Å²) in [6.07, 6.45) is 9.58. The van der Waals surface area contributed by atoms with E-state index in [2.05, 4.69) is 33.4 Å². The van der Waals surface area contributed by atoms with Gasteiger partial charge in [-0.3, -0.25) is 9.97 Å². The summed E-state index contributed by atoms with van der Waals surface area (Å²) in [6.45, 7) is 7.77. The first-order chi connectivity index (χ1) is 10.0. The minimum absolute atomic E-state index is 0.0661. The zero-order chi connectivity index (χ0) is 14.9. The average molecular weight is 286 g/mol. The minimum atomic E-state index is -0.0661. The number of imidazole rings is 1. The van der Waals surface area contributed by atoms with Gasteiger partial charge in [-0.2, -0.15) is 0 Å². The summed E-state index contributed by atoms with van der Waals surface area (Å²) in [6, 6.07) is 0. The van der Waals surface area contributed by atoms with Crippen molar-refractivity contribution in [2.24, 2.45) is 0 Å². The van der Waals surface area contributed by atoms with E-state index in [0.717, 1.165) is 43.2 Å². The monoisotopic (exact) mass is 286 g/mol.